The third-order valence-electron chi connectivity index (χ3n) is 6.14. The second-order valence-corrected chi connectivity index (χ2v) is 7.10. The molecule has 0 radical (unpaired) electrons. The van der Waals surface area contributed by atoms with Crippen LogP contribution in [-0.4, -0.2) is 7.05 Å². The van der Waals surface area contributed by atoms with Gasteiger partial charge >= 0.3 is 0 Å². The fraction of sp³-hybridized carbons (Fsp3) is 0.667. The maximum absolute atomic E-state index is 3.59. The molecule has 0 amide bonds. The molecule has 1 aromatic carbocycles. The summed E-state index contributed by atoms with van der Waals surface area (Å²) in [7, 11) is 2.14. The monoisotopic (exact) mass is 255 g/mol. The zero-order chi connectivity index (χ0) is 12.8. The average Bonchev–Trinajstić information content (AvgIpc) is 3.11. The second-order valence-electron chi connectivity index (χ2n) is 7.10. The molecule has 1 nitrogen and oxygen atoms in total. The lowest BCUT2D eigenvalue weighted by atomic mass is 9.80. The Morgan fingerprint density at radius 3 is 2.74 bits per heavy atom. The molecule has 2 bridgehead atoms. The van der Waals surface area contributed by atoms with Crippen LogP contribution in [-0.2, 0) is 6.42 Å². The van der Waals surface area contributed by atoms with Gasteiger partial charge in [-0.2, -0.15) is 0 Å². The van der Waals surface area contributed by atoms with E-state index in [1.807, 2.05) is 0 Å². The smallest absolute Gasteiger partial charge is 0.0352 e. The fourth-order valence-electron chi connectivity index (χ4n) is 5.34. The van der Waals surface area contributed by atoms with Crippen molar-refractivity contribution in [3.05, 3.63) is 35.4 Å². The molecule has 0 heterocycles. The SMILES string of the molecule is CNC1c2ccccc2CC1CC1CC2CCC1C2. The molecule has 0 aromatic heterocycles. The van der Waals surface area contributed by atoms with Crippen LogP contribution in [0.15, 0.2) is 24.3 Å². The zero-order valence-electron chi connectivity index (χ0n) is 11.9. The van der Waals surface area contributed by atoms with Gasteiger partial charge in [-0.3, -0.25) is 0 Å². The van der Waals surface area contributed by atoms with Crippen molar-refractivity contribution in [2.45, 2.75) is 44.6 Å². The normalized spacial score (nSPS) is 39.7. The maximum Gasteiger partial charge on any atom is 0.0352 e. The number of hydrogen-bond donors (Lipinski definition) is 1. The van der Waals surface area contributed by atoms with Crippen LogP contribution in [0.2, 0.25) is 0 Å². The van der Waals surface area contributed by atoms with Gasteiger partial charge in [0.15, 0.2) is 0 Å². The highest BCUT2D eigenvalue weighted by atomic mass is 14.9. The predicted octanol–water partition coefficient (Wildman–Crippen LogP) is 3.95. The topological polar surface area (TPSA) is 12.0 Å². The number of hydrogen-bond acceptors (Lipinski definition) is 1. The molecule has 2 saturated carbocycles. The van der Waals surface area contributed by atoms with Gasteiger partial charge in [-0.1, -0.05) is 30.7 Å². The van der Waals surface area contributed by atoms with E-state index in [0.29, 0.717) is 6.04 Å². The Balaban J connectivity index is 1.51. The molecule has 3 aliphatic carbocycles. The molecule has 4 rings (SSSR count). The van der Waals surface area contributed by atoms with E-state index in [2.05, 4.69) is 36.6 Å². The third kappa shape index (κ3) is 1.94. The lowest BCUT2D eigenvalue weighted by molar-refractivity contribution is 0.244. The molecule has 1 N–H and O–H groups in total. The predicted molar refractivity (Wildman–Crippen MR) is 79.0 cm³/mol. The van der Waals surface area contributed by atoms with E-state index >= 15 is 0 Å². The van der Waals surface area contributed by atoms with Gasteiger partial charge in [-0.15, -0.1) is 0 Å². The Labute approximate surface area is 116 Å². The first-order chi connectivity index (χ1) is 9.35. The Hall–Kier alpha value is -0.820. The summed E-state index contributed by atoms with van der Waals surface area (Å²) in [5, 5.41) is 3.59. The fourth-order valence-corrected chi connectivity index (χ4v) is 5.34. The second kappa shape index (κ2) is 4.63. The largest absolute Gasteiger partial charge is 0.313 e. The van der Waals surface area contributed by atoms with E-state index in [4.69, 9.17) is 0 Å². The highest BCUT2D eigenvalue weighted by Crippen LogP contribution is 2.52. The minimum Gasteiger partial charge on any atom is -0.313 e. The van der Waals surface area contributed by atoms with Crippen LogP contribution in [0.4, 0.5) is 0 Å². The van der Waals surface area contributed by atoms with E-state index in [1.165, 1.54) is 32.1 Å². The van der Waals surface area contributed by atoms with Crippen molar-refractivity contribution in [1.29, 1.82) is 0 Å². The molecular weight excluding hydrogens is 230 g/mol. The van der Waals surface area contributed by atoms with Gasteiger partial charge < -0.3 is 5.32 Å². The van der Waals surface area contributed by atoms with Crippen molar-refractivity contribution in [2.24, 2.45) is 23.7 Å². The minimum atomic E-state index is 0.607. The Morgan fingerprint density at radius 1 is 1.11 bits per heavy atom. The van der Waals surface area contributed by atoms with Crippen LogP contribution in [0.5, 0.6) is 0 Å². The lowest BCUT2D eigenvalue weighted by Crippen LogP contribution is -2.25. The molecule has 2 fully saturated rings. The van der Waals surface area contributed by atoms with Gasteiger partial charge in [-0.25, -0.2) is 0 Å². The Kier molecular flexibility index (Phi) is 2.91. The first-order valence-electron chi connectivity index (χ1n) is 8.10. The van der Waals surface area contributed by atoms with E-state index in [-0.39, 0.29) is 0 Å². The molecule has 0 spiro atoms. The standard InChI is InChI=1S/C18H25N/c1-19-18-16(10-14-4-2-3-5-17(14)18)11-15-9-12-6-7-13(15)8-12/h2-5,12-13,15-16,18-19H,6-11H2,1H3. The summed E-state index contributed by atoms with van der Waals surface area (Å²) >= 11 is 0. The molecule has 3 aliphatic rings. The van der Waals surface area contributed by atoms with Gasteiger partial charge in [0.1, 0.15) is 0 Å². The summed E-state index contributed by atoms with van der Waals surface area (Å²) in [5.41, 5.74) is 3.16. The molecule has 0 saturated heterocycles. The van der Waals surface area contributed by atoms with Crippen molar-refractivity contribution in [2.75, 3.05) is 7.05 Å². The number of rotatable bonds is 3. The van der Waals surface area contributed by atoms with Crippen LogP contribution in [0.25, 0.3) is 0 Å². The van der Waals surface area contributed by atoms with Crippen LogP contribution < -0.4 is 5.32 Å². The van der Waals surface area contributed by atoms with Gasteiger partial charge in [0.05, 0.1) is 0 Å². The molecule has 5 atom stereocenters. The summed E-state index contributed by atoms with van der Waals surface area (Å²) in [6.07, 6.45) is 8.90. The first kappa shape index (κ1) is 12.0. The maximum atomic E-state index is 3.59. The number of benzene rings is 1. The molecule has 1 heteroatoms. The van der Waals surface area contributed by atoms with Crippen LogP contribution in [0.3, 0.4) is 0 Å². The quantitative estimate of drug-likeness (QED) is 0.862. The number of fused-ring (bicyclic) bond motifs is 3. The highest BCUT2D eigenvalue weighted by Gasteiger charge is 2.42. The van der Waals surface area contributed by atoms with Gasteiger partial charge in [0.2, 0.25) is 0 Å². The summed E-state index contributed by atoms with van der Waals surface area (Å²) in [6.45, 7) is 0. The molecule has 102 valence electrons. The zero-order valence-corrected chi connectivity index (χ0v) is 11.9. The first-order valence-corrected chi connectivity index (χ1v) is 8.10. The van der Waals surface area contributed by atoms with E-state index < -0.39 is 0 Å². The molecule has 5 unspecified atom stereocenters. The average molecular weight is 255 g/mol. The highest BCUT2D eigenvalue weighted by molar-refractivity contribution is 5.35. The molecular formula is C18H25N. The van der Waals surface area contributed by atoms with Crippen LogP contribution in [0.1, 0.15) is 49.3 Å². The summed E-state index contributed by atoms with van der Waals surface area (Å²) in [4.78, 5) is 0. The van der Waals surface area contributed by atoms with Gasteiger partial charge in [0.25, 0.3) is 0 Å². The van der Waals surface area contributed by atoms with Crippen LogP contribution >= 0.6 is 0 Å². The summed E-state index contributed by atoms with van der Waals surface area (Å²) in [6, 6.07) is 9.67. The lowest BCUT2D eigenvalue weighted by Gasteiger charge is -2.28. The van der Waals surface area contributed by atoms with E-state index in [0.717, 1.165) is 23.7 Å². The van der Waals surface area contributed by atoms with Crippen LogP contribution in [0, 0.1) is 23.7 Å². The third-order valence-corrected chi connectivity index (χ3v) is 6.14. The summed E-state index contributed by atoms with van der Waals surface area (Å²) in [5.74, 6) is 4.04. The summed E-state index contributed by atoms with van der Waals surface area (Å²) < 4.78 is 0. The van der Waals surface area contributed by atoms with Gasteiger partial charge in [-0.05, 0) is 74.0 Å². The molecule has 1 aromatic rings. The van der Waals surface area contributed by atoms with Gasteiger partial charge in [0, 0.05) is 6.04 Å². The van der Waals surface area contributed by atoms with Crippen molar-refractivity contribution >= 4 is 0 Å². The molecule has 19 heavy (non-hydrogen) atoms. The van der Waals surface area contributed by atoms with E-state index in [9.17, 15) is 0 Å². The van der Waals surface area contributed by atoms with E-state index in [1.54, 1.807) is 17.5 Å². The number of nitrogens with one attached hydrogen (secondary N) is 1. The van der Waals surface area contributed by atoms with Crippen molar-refractivity contribution in [1.82, 2.24) is 5.32 Å². The minimum absolute atomic E-state index is 0.607. The van der Waals surface area contributed by atoms with Crippen molar-refractivity contribution < 1.29 is 0 Å². The van der Waals surface area contributed by atoms with Crippen molar-refractivity contribution in [3.8, 4) is 0 Å². The Morgan fingerprint density at radius 2 is 2.00 bits per heavy atom. The Bertz CT molecular complexity index is 467. The molecule has 0 aliphatic heterocycles. The van der Waals surface area contributed by atoms with Crippen molar-refractivity contribution in [3.63, 3.8) is 0 Å².